The van der Waals surface area contributed by atoms with Crippen LogP contribution in [0.2, 0.25) is 0 Å². The average molecular weight is 203 g/mol. The predicted octanol–water partition coefficient (Wildman–Crippen LogP) is 0.687. The van der Waals surface area contributed by atoms with Crippen molar-refractivity contribution < 1.29 is 14.6 Å². The van der Waals surface area contributed by atoms with Crippen molar-refractivity contribution in [2.24, 2.45) is 0 Å². The van der Waals surface area contributed by atoms with Gasteiger partial charge < -0.3 is 15.2 Å². The molecule has 0 amide bonds. The standard InChI is InChI=1S/C10H21NO3/c1-7(2)14-10(13)6-11-8(3)5-9(4)12/h7-9,11-12H,5-6H2,1-4H3. The van der Waals surface area contributed by atoms with Gasteiger partial charge in [0.05, 0.1) is 18.8 Å². The molecule has 2 N–H and O–H groups in total. The van der Waals surface area contributed by atoms with Crippen molar-refractivity contribution in [1.29, 1.82) is 0 Å². The van der Waals surface area contributed by atoms with Gasteiger partial charge in [0.25, 0.3) is 0 Å². The molecule has 0 aromatic rings. The second kappa shape index (κ2) is 6.79. The molecule has 0 aromatic heterocycles. The Balaban J connectivity index is 3.56. The van der Waals surface area contributed by atoms with Gasteiger partial charge in [-0.15, -0.1) is 0 Å². The maximum absolute atomic E-state index is 11.1. The van der Waals surface area contributed by atoms with Crippen molar-refractivity contribution in [1.82, 2.24) is 5.32 Å². The maximum Gasteiger partial charge on any atom is 0.320 e. The second-order valence-corrected chi connectivity index (χ2v) is 3.91. The molecule has 4 nitrogen and oxygen atoms in total. The normalized spacial score (nSPS) is 15.3. The first-order chi connectivity index (χ1) is 6.41. The van der Waals surface area contributed by atoms with Crippen molar-refractivity contribution in [2.75, 3.05) is 6.54 Å². The summed E-state index contributed by atoms with van der Waals surface area (Å²) in [5.41, 5.74) is 0. The van der Waals surface area contributed by atoms with E-state index < -0.39 is 0 Å². The quantitative estimate of drug-likeness (QED) is 0.623. The lowest BCUT2D eigenvalue weighted by Gasteiger charge is -2.15. The van der Waals surface area contributed by atoms with Gasteiger partial charge >= 0.3 is 5.97 Å². The summed E-state index contributed by atoms with van der Waals surface area (Å²) in [6.45, 7) is 7.49. The number of hydrogen-bond acceptors (Lipinski definition) is 4. The van der Waals surface area contributed by atoms with Gasteiger partial charge in [-0.25, -0.2) is 0 Å². The lowest BCUT2D eigenvalue weighted by atomic mass is 10.1. The Morgan fingerprint density at radius 1 is 1.36 bits per heavy atom. The monoisotopic (exact) mass is 203 g/mol. The van der Waals surface area contributed by atoms with Gasteiger partial charge in [0.15, 0.2) is 0 Å². The van der Waals surface area contributed by atoms with Crippen molar-refractivity contribution in [2.45, 2.75) is 52.4 Å². The summed E-state index contributed by atoms with van der Waals surface area (Å²) in [6, 6.07) is 0.120. The smallest absolute Gasteiger partial charge is 0.320 e. The number of carbonyl (C=O) groups excluding carboxylic acids is 1. The zero-order valence-corrected chi connectivity index (χ0v) is 9.41. The molecule has 0 aromatic carbocycles. The van der Waals surface area contributed by atoms with Crippen LogP contribution in [0.5, 0.6) is 0 Å². The van der Waals surface area contributed by atoms with Crippen LogP contribution in [-0.4, -0.2) is 35.9 Å². The minimum absolute atomic E-state index is 0.0728. The third kappa shape index (κ3) is 8.01. The molecule has 0 fully saturated rings. The van der Waals surface area contributed by atoms with Crippen LogP contribution in [0.4, 0.5) is 0 Å². The number of esters is 1. The Hall–Kier alpha value is -0.610. The molecule has 84 valence electrons. The van der Waals surface area contributed by atoms with Crippen molar-refractivity contribution in [3.05, 3.63) is 0 Å². The highest BCUT2D eigenvalue weighted by Crippen LogP contribution is 1.96. The summed E-state index contributed by atoms with van der Waals surface area (Å²) in [5.74, 6) is -0.252. The molecule has 0 spiro atoms. The molecule has 2 unspecified atom stereocenters. The Morgan fingerprint density at radius 2 is 1.93 bits per heavy atom. The van der Waals surface area contributed by atoms with E-state index >= 15 is 0 Å². The topological polar surface area (TPSA) is 58.6 Å². The lowest BCUT2D eigenvalue weighted by Crippen LogP contribution is -2.35. The molecule has 2 atom stereocenters. The first-order valence-electron chi connectivity index (χ1n) is 5.02. The molecule has 0 saturated carbocycles. The molecular formula is C10H21NO3. The van der Waals surface area contributed by atoms with Crippen LogP contribution < -0.4 is 5.32 Å². The number of nitrogens with one attached hydrogen (secondary N) is 1. The Kier molecular flexibility index (Phi) is 6.49. The van der Waals surface area contributed by atoms with Crippen LogP contribution in [-0.2, 0) is 9.53 Å². The number of aliphatic hydroxyl groups is 1. The number of hydrogen-bond donors (Lipinski definition) is 2. The zero-order valence-electron chi connectivity index (χ0n) is 9.41. The van der Waals surface area contributed by atoms with Crippen molar-refractivity contribution >= 4 is 5.97 Å². The van der Waals surface area contributed by atoms with Gasteiger partial charge in [-0.1, -0.05) is 0 Å². The first-order valence-corrected chi connectivity index (χ1v) is 5.02. The van der Waals surface area contributed by atoms with E-state index in [2.05, 4.69) is 5.32 Å². The number of carbonyl (C=O) groups is 1. The van der Waals surface area contributed by atoms with Gasteiger partial charge in [-0.05, 0) is 34.1 Å². The fourth-order valence-corrected chi connectivity index (χ4v) is 1.16. The van der Waals surface area contributed by atoms with Gasteiger partial charge in [0.1, 0.15) is 0 Å². The molecule has 0 rings (SSSR count). The predicted molar refractivity (Wildman–Crippen MR) is 55.0 cm³/mol. The SMILES string of the molecule is CC(O)CC(C)NCC(=O)OC(C)C. The summed E-state index contributed by atoms with van der Waals surface area (Å²) >= 11 is 0. The van der Waals surface area contributed by atoms with Crippen LogP contribution in [0.3, 0.4) is 0 Å². The van der Waals surface area contributed by atoms with Gasteiger partial charge in [0.2, 0.25) is 0 Å². The number of rotatable bonds is 6. The zero-order chi connectivity index (χ0) is 11.1. The molecular weight excluding hydrogens is 182 g/mol. The fraction of sp³-hybridized carbons (Fsp3) is 0.900. The molecule has 0 bridgehead atoms. The minimum Gasteiger partial charge on any atom is -0.462 e. The van der Waals surface area contributed by atoms with Crippen LogP contribution in [0.1, 0.15) is 34.1 Å². The van der Waals surface area contributed by atoms with E-state index in [9.17, 15) is 4.79 Å². The van der Waals surface area contributed by atoms with E-state index in [0.717, 1.165) is 0 Å². The third-order valence-electron chi connectivity index (χ3n) is 1.66. The van der Waals surface area contributed by atoms with Crippen LogP contribution in [0.15, 0.2) is 0 Å². The fourth-order valence-electron chi connectivity index (χ4n) is 1.16. The molecule has 14 heavy (non-hydrogen) atoms. The molecule has 0 aliphatic carbocycles. The Labute approximate surface area is 85.6 Å². The molecule has 0 saturated heterocycles. The first kappa shape index (κ1) is 13.4. The maximum atomic E-state index is 11.1. The van der Waals surface area contributed by atoms with Crippen molar-refractivity contribution in [3.63, 3.8) is 0 Å². The van der Waals surface area contributed by atoms with E-state index in [1.807, 2.05) is 20.8 Å². The minimum atomic E-state index is -0.349. The van der Waals surface area contributed by atoms with Crippen LogP contribution in [0, 0.1) is 0 Å². The van der Waals surface area contributed by atoms with Crippen LogP contribution >= 0.6 is 0 Å². The summed E-state index contributed by atoms with van der Waals surface area (Å²) in [4.78, 5) is 11.1. The van der Waals surface area contributed by atoms with Crippen LogP contribution in [0.25, 0.3) is 0 Å². The van der Waals surface area contributed by atoms with E-state index in [-0.39, 0.29) is 30.8 Å². The summed E-state index contributed by atoms with van der Waals surface area (Å²) < 4.78 is 4.94. The Bertz CT molecular complexity index is 169. The number of ether oxygens (including phenoxy) is 1. The average Bonchev–Trinajstić information content (AvgIpc) is 1.98. The van der Waals surface area contributed by atoms with Gasteiger partial charge in [-0.2, -0.15) is 0 Å². The van der Waals surface area contributed by atoms with E-state index in [4.69, 9.17) is 9.84 Å². The number of aliphatic hydroxyl groups excluding tert-OH is 1. The lowest BCUT2D eigenvalue weighted by molar-refractivity contribution is -0.146. The largest absolute Gasteiger partial charge is 0.462 e. The summed E-state index contributed by atoms with van der Waals surface area (Å²) in [6.07, 6.45) is 0.213. The van der Waals surface area contributed by atoms with E-state index in [1.165, 1.54) is 0 Å². The highest BCUT2D eigenvalue weighted by atomic mass is 16.5. The summed E-state index contributed by atoms with van der Waals surface area (Å²) in [7, 11) is 0. The molecule has 4 heteroatoms. The molecule has 0 aliphatic heterocycles. The van der Waals surface area contributed by atoms with E-state index in [0.29, 0.717) is 6.42 Å². The molecule has 0 heterocycles. The molecule has 0 aliphatic rings. The van der Waals surface area contributed by atoms with Crippen molar-refractivity contribution in [3.8, 4) is 0 Å². The highest BCUT2D eigenvalue weighted by molar-refractivity contribution is 5.71. The second-order valence-electron chi connectivity index (χ2n) is 3.91. The highest BCUT2D eigenvalue weighted by Gasteiger charge is 2.09. The van der Waals surface area contributed by atoms with Gasteiger partial charge in [-0.3, -0.25) is 4.79 Å². The van der Waals surface area contributed by atoms with E-state index in [1.54, 1.807) is 6.92 Å². The Morgan fingerprint density at radius 3 is 2.36 bits per heavy atom. The third-order valence-corrected chi connectivity index (χ3v) is 1.66. The molecule has 0 radical (unpaired) electrons. The summed E-state index contributed by atoms with van der Waals surface area (Å²) in [5, 5.41) is 12.1. The van der Waals surface area contributed by atoms with Gasteiger partial charge in [0, 0.05) is 6.04 Å².